The van der Waals surface area contributed by atoms with E-state index in [9.17, 15) is 21.6 Å². The summed E-state index contributed by atoms with van der Waals surface area (Å²) in [7, 11) is -3.78. The molecule has 0 bridgehead atoms. The van der Waals surface area contributed by atoms with E-state index in [1.807, 2.05) is 0 Å². The van der Waals surface area contributed by atoms with Gasteiger partial charge >= 0.3 is 6.18 Å². The van der Waals surface area contributed by atoms with Crippen molar-refractivity contribution in [2.24, 2.45) is 10.6 Å². The van der Waals surface area contributed by atoms with Crippen molar-refractivity contribution >= 4 is 21.2 Å². The molecule has 1 aromatic carbocycles. The van der Waals surface area contributed by atoms with E-state index in [2.05, 4.69) is 4.98 Å². The highest BCUT2D eigenvalue weighted by molar-refractivity contribution is 7.89. The zero-order valence-corrected chi connectivity index (χ0v) is 16.5. The van der Waals surface area contributed by atoms with Crippen molar-refractivity contribution in [1.82, 2.24) is 4.98 Å². The molecule has 0 amide bonds. The molecule has 0 saturated heterocycles. The van der Waals surface area contributed by atoms with Gasteiger partial charge in [0.25, 0.3) is 0 Å². The van der Waals surface area contributed by atoms with E-state index in [0.29, 0.717) is 5.69 Å². The predicted octanol–water partition coefficient (Wildman–Crippen LogP) is 5.01. The lowest BCUT2D eigenvalue weighted by Gasteiger charge is -2.23. The molecule has 4 nitrogen and oxygen atoms in total. The number of allylic oxidation sites excluding steroid dienone is 2. The van der Waals surface area contributed by atoms with Gasteiger partial charge < -0.3 is 0 Å². The van der Waals surface area contributed by atoms with Gasteiger partial charge in [-0.25, -0.2) is 13.6 Å². The molecule has 2 N–H and O–H groups in total. The van der Waals surface area contributed by atoms with E-state index >= 15 is 0 Å². The van der Waals surface area contributed by atoms with Gasteiger partial charge in [0, 0.05) is 6.20 Å². The third kappa shape index (κ3) is 3.96. The van der Waals surface area contributed by atoms with Crippen LogP contribution < -0.4 is 5.14 Å². The van der Waals surface area contributed by atoms with E-state index < -0.39 is 21.8 Å². The molecule has 4 rings (SSSR count). The molecule has 0 aliphatic heterocycles. The van der Waals surface area contributed by atoms with Gasteiger partial charge in [0.05, 0.1) is 16.2 Å². The fraction of sp³-hybridized carbons (Fsp3) is 0.381. The third-order valence-electron chi connectivity index (χ3n) is 6.06. The summed E-state index contributed by atoms with van der Waals surface area (Å²) in [5.74, 6) is 0. The summed E-state index contributed by atoms with van der Waals surface area (Å²) < 4.78 is 61.8. The van der Waals surface area contributed by atoms with Crippen LogP contribution in [0.25, 0.3) is 11.1 Å². The van der Waals surface area contributed by atoms with Gasteiger partial charge in [0.2, 0.25) is 10.0 Å². The molecule has 1 fully saturated rings. The van der Waals surface area contributed by atoms with Crippen LogP contribution in [0.5, 0.6) is 0 Å². The topological polar surface area (TPSA) is 73.1 Å². The van der Waals surface area contributed by atoms with Crippen LogP contribution in [0, 0.1) is 5.41 Å². The van der Waals surface area contributed by atoms with Gasteiger partial charge in [0.15, 0.2) is 0 Å². The van der Waals surface area contributed by atoms with Crippen LogP contribution in [0.2, 0.25) is 0 Å². The van der Waals surface area contributed by atoms with E-state index in [1.54, 1.807) is 12.1 Å². The van der Waals surface area contributed by atoms with Crippen molar-refractivity contribution in [3.63, 3.8) is 0 Å². The molecule has 29 heavy (non-hydrogen) atoms. The molecule has 1 heterocycles. The summed E-state index contributed by atoms with van der Waals surface area (Å²) in [5, 5.41) is 5.18. The van der Waals surface area contributed by atoms with E-state index in [-0.39, 0.29) is 10.3 Å². The molecule has 1 spiro atoms. The number of hydrogen-bond acceptors (Lipinski definition) is 3. The van der Waals surface area contributed by atoms with Gasteiger partial charge in [-0.15, -0.1) is 0 Å². The number of rotatable bonds is 3. The lowest BCUT2D eigenvalue weighted by Crippen LogP contribution is -2.12. The molecular weight excluding hydrogens is 401 g/mol. The maximum absolute atomic E-state index is 12.9. The second-order valence-electron chi connectivity index (χ2n) is 8.02. The number of alkyl halides is 3. The summed E-state index contributed by atoms with van der Waals surface area (Å²) >= 11 is 0. The SMILES string of the molecule is NS(=O)(=O)c1ccc(C2=C(c3ccc(C(F)(F)F)cn3)CC3(CCCC3)C2)cc1. The minimum Gasteiger partial charge on any atom is -0.256 e. The van der Waals surface area contributed by atoms with Gasteiger partial charge in [-0.3, -0.25) is 4.98 Å². The quantitative estimate of drug-likeness (QED) is 0.755. The van der Waals surface area contributed by atoms with Crippen molar-refractivity contribution < 1.29 is 21.6 Å². The lowest BCUT2D eigenvalue weighted by molar-refractivity contribution is -0.137. The van der Waals surface area contributed by atoms with Gasteiger partial charge in [-0.05, 0) is 72.1 Å². The van der Waals surface area contributed by atoms with Crippen molar-refractivity contribution in [2.75, 3.05) is 0 Å². The predicted molar refractivity (Wildman–Crippen MR) is 104 cm³/mol. The van der Waals surface area contributed by atoms with Crippen LogP contribution >= 0.6 is 0 Å². The Bertz CT molecular complexity index is 1050. The number of hydrogen-bond donors (Lipinski definition) is 1. The second-order valence-corrected chi connectivity index (χ2v) is 9.58. The number of nitrogens with two attached hydrogens (primary N) is 1. The van der Waals surface area contributed by atoms with Crippen LogP contribution in [0.3, 0.4) is 0 Å². The molecule has 0 atom stereocenters. The highest BCUT2D eigenvalue weighted by Gasteiger charge is 2.42. The van der Waals surface area contributed by atoms with Crippen LogP contribution in [0.15, 0.2) is 47.5 Å². The Kier molecular flexibility index (Phi) is 4.82. The second kappa shape index (κ2) is 6.95. The molecule has 0 unspecified atom stereocenters. The molecule has 0 radical (unpaired) electrons. The largest absolute Gasteiger partial charge is 0.417 e. The normalized spacial score (nSPS) is 19.3. The van der Waals surface area contributed by atoms with E-state index in [4.69, 9.17) is 5.14 Å². The summed E-state index contributed by atoms with van der Waals surface area (Å²) in [6, 6.07) is 8.87. The Morgan fingerprint density at radius 2 is 1.55 bits per heavy atom. The number of primary sulfonamides is 1. The molecular formula is C21H21F3N2O2S. The van der Waals surface area contributed by atoms with Crippen LogP contribution in [0.4, 0.5) is 13.2 Å². The first-order valence-electron chi connectivity index (χ1n) is 9.46. The highest BCUT2D eigenvalue weighted by Crippen LogP contribution is 2.57. The number of benzene rings is 1. The molecule has 2 aliphatic rings. The summed E-state index contributed by atoms with van der Waals surface area (Å²) in [6.45, 7) is 0. The molecule has 8 heteroatoms. The molecule has 1 aromatic heterocycles. The highest BCUT2D eigenvalue weighted by atomic mass is 32.2. The van der Waals surface area contributed by atoms with Gasteiger partial charge in [-0.1, -0.05) is 25.0 Å². The van der Waals surface area contributed by atoms with Crippen molar-refractivity contribution in [1.29, 1.82) is 0 Å². The lowest BCUT2D eigenvalue weighted by atomic mass is 9.81. The summed E-state index contributed by atoms with van der Waals surface area (Å²) in [6.07, 6.45) is 2.50. The Labute approximate surface area is 167 Å². The van der Waals surface area contributed by atoms with Crippen LogP contribution in [-0.2, 0) is 16.2 Å². The molecule has 1 saturated carbocycles. The van der Waals surface area contributed by atoms with E-state index in [0.717, 1.165) is 67.5 Å². The zero-order chi connectivity index (χ0) is 20.9. The average molecular weight is 422 g/mol. The standard InChI is InChI=1S/C21H21F3N2O2S/c22-21(23,24)15-5-8-19(26-13-15)18-12-20(9-1-2-10-20)11-17(18)14-3-6-16(7-4-14)29(25,27)28/h3-8,13H,1-2,9-12H2,(H2,25,27,28). The number of sulfonamides is 1. The number of pyridine rings is 1. The Balaban J connectivity index is 1.76. The first-order chi connectivity index (χ1) is 13.6. The zero-order valence-electron chi connectivity index (χ0n) is 15.7. The fourth-order valence-electron chi connectivity index (χ4n) is 4.61. The van der Waals surface area contributed by atoms with Crippen molar-refractivity contribution in [2.45, 2.75) is 49.6 Å². The van der Waals surface area contributed by atoms with Crippen LogP contribution in [0.1, 0.15) is 55.3 Å². The Morgan fingerprint density at radius 3 is 2.07 bits per heavy atom. The fourth-order valence-corrected chi connectivity index (χ4v) is 5.13. The smallest absolute Gasteiger partial charge is 0.256 e. The number of nitrogens with zero attached hydrogens (tertiary/aromatic N) is 1. The maximum atomic E-state index is 12.9. The van der Waals surface area contributed by atoms with Crippen molar-refractivity contribution in [3.8, 4) is 0 Å². The molecule has 2 aromatic rings. The monoisotopic (exact) mass is 422 g/mol. The number of halogens is 3. The first kappa shape index (κ1) is 20.1. The molecule has 2 aliphatic carbocycles. The number of aromatic nitrogens is 1. The molecule has 154 valence electrons. The summed E-state index contributed by atoms with van der Waals surface area (Å²) in [5.41, 5.74) is 2.73. The minimum absolute atomic E-state index is 0.0321. The summed E-state index contributed by atoms with van der Waals surface area (Å²) in [4.78, 5) is 4.15. The minimum atomic E-state index is -4.42. The van der Waals surface area contributed by atoms with E-state index in [1.165, 1.54) is 18.2 Å². The average Bonchev–Trinajstić information content (AvgIpc) is 3.28. The van der Waals surface area contributed by atoms with Gasteiger partial charge in [0.1, 0.15) is 0 Å². The Hall–Kier alpha value is -2.19. The first-order valence-corrected chi connectivity index (χ1v) is 11.0. The maximum Gasteiger partial charge on any atom is 0.417 e. The van der Waals surface area contributed by atoms with Gasteiger partial charge in [-0.2, -0.15) is 13.2 Å². The van der Waals surface area contributed by atoms with Crippen molar-refractivity contribution in [3.05, 3.63) is 59.4 Å². The van der Waals surface area contributed by atoms with Crippen LogP contribution in [-0.4, -0.2) is 13.4 Å². The third-order valence-corrected chi connectivity index (χ3v) is 6.99. The Morgan fingerprint density at radius 1 is 0.931 bits per heavy atom.